The molecule has 6 rings (SSSR count). The molecule has 0 spiro atoms. The van der Waals surface area contributed by atoms with Crippen LogP contribution in [-0.2, 0) is 16.0 Å². The molecule has 1 saturated heterocycles. The van der Waals surface area contributed by atoms with Gasteiger partial charge in [0.1, 0.15) is 5.65 Å². The third-order valence-electron chi connectivity index (χ3n) is 7.96. The molecule has 0 aliphatic carbocycles. The molecule has 2 aliphatic heterocycles. The Labute approximate surface area is 240 Å². The Morgan fingerprint density at radius 3 is 2.44 bits per heavy atom. The van der Waals surface area contributed by atoms with Gasteiger partial charge in [-0.05, 0) is 74.3 Å². The van der Waals surface area contributed by atoms with Gasteiger partial charge in [-0.15, -0.1) is 0 Å². The molecular formula is C33H35N5O3. The highest BCUT2D eigenvalue weighted by molar-refractivity contribution is 6.07. The number of anilines is 2. The molecule has 41 heavy (non-hydrogen) atoms. The minimum atomic E-state index is -0.406. The number of carbonyl (C=O) groups excluding carboxylic acids is 2. The molecule has 0 saturated carbocycles. The zero-order chi connectivity index (χ0) is 28.7. The number of rotatable bonds is 6. The molecule has 2 aromatic heterocycles. The van der Waals surface area contributed by atoms with E-state index in [4.69, 9.17) is 4.74 Å². The van der Waals surface area contributed by atoms with Crippen LogP contribution >= 0.6 is 0 Å². The van der Waals surface area contributed by atoms with E-state index in [9.17, 15) is 9.59 Å². The van der Waals surface area contributed by atoms with E-state index in [1.165, 1.54) is 11.8 Å². The number of aromatic amines is 1. The Hall–Kier alpha value is -4.43. The number of benzene rings is 2. The van der Waals surface area contributed by atoms with Gasteiger partial charge < -0.3 is 24.4 Å². The van der Waals surface area contributed by atoms with Gasteiger partial charge in [-0.1, -0.05) is 30.8 Å². The summed E-state index contributed by atoms with van der Waals surface area (Å²) in [6.45, 7) is 12.1. The topological polar surface area (TPSA) is 81.8 Å². The number of hydrogen-bond donors (Lipinski definition) is 1. The summed E-state index contributed by atoms with van der Waals surface area (Å²) in [5.41, 5.74) is 8.09. The smallest absolute Gasteiger partial charge is 0.339 e. The molecule has 0 bridgehead atoms. The number of esters is 1. The fourth-order valence-corrected chi connectivity index (χ4v) is 5.76. The molecule has 1 amide bonds. The SMILES string of the molecule is C=CC(=O)N1CCc2ccc(-c3c(-c4ccc(N5CCN(C)CC5)cc4)[nH]c4ncc(C(=O)OC(C)C)cc34)cc21. The molecule has 210 valence electrons. The molecule has 2 aliphatic rings. The van der Waals surface area contributed by atoms with Crippen LogP contribution in [0.3, 0.4) is 0 Å². The monoisotopic (exact) mass is 549 g/mol. The summed E-state index contributed by atoms with van der Waals surface area (Å²) in [5, 5.41) is 0.820. The van der Waals surface area contributed by atoms with E-state index < -0.39 is 5.97 Å². The second kappa shape index (κ2) is 10.9. The number of hydrogen-bond acceptors (Lipinski definition) is 6. The van der Waals surface area contributed by atoms with Gasteiger partial charge >= 0.3 is 5.97 Å². The quantitative estimate of drug-likeness (QED) is 0.260. The van der Waals surface area contributed by atoms with Crippen LogP contribution < -0.4 is 9.80 Å². The lowest BCUT2D eigenvalue weighted by Crippen LogP contribution is -2.44. The highest BCUT2D eigenvalue weighted by atomic mass is 16.5. The van der Waals surface area contributed by atoms with Crippen LogP contribution in [0.1, 0.15) is 29.8 Å². The highest BCUT2D eigenvalue weighted by Gasteiger charge is 2.26. The van der Waals surface area contributed by atoms with Crippen LogP contribution in [0.25, 0.3) is 33.4 Å². The molecule has 0 unspecified atom stereocenters. The molecular weight excluding hydrogens is 514 g/mol. The number of H-pyrrole nitrogens is 1. The summed E-state index contributed by atoms with van der Waals surface area (Å²) >= 11 is 0. The van der Waals surface area contributed by atoms with Crippen molar-refractivity contribution in [3.05, 3.63) is 78.5 Å². The number of fused-ring (bicyclic) bond motifs is 2. The van der Waals surface area contributed by atoms with Gasteiger partial charge in [0.2, 0.25) is 5.91 Å². The zero-order valence-corrected chi connectivity index (χ0v) is 23.8. The van der Waals surface area contributed by atoms with E-state index in [2.05, 4.69) is 75.9 Å². The largest absolute Gasteiger partial charge is 0.459 e. The van der Waals surface area contributed by atoms with Gasteiger partial charge in [0.05, 0.1) is 17.4 Å². The Bertz CT molecular complexity index is 1630. The fraction of sp³-hybridized carbons (Fsp3) is 0.303. The van der Waals surface area contributed by atoms with E-state index in [-0.39, 0.29) is 12.0 Å². The van der Waals surface area contributed by atoms with E-state index in [1.807, 2.05) is 19.9 Å². The third kappa shape index (κ3) is 5.11. The summed E-state index contributed by atoms with van der Waals surface area (Å²) in [5.74, 6) is -0.517. The maximum absolute atomic E-state index is 12.8. The lowest BCUT2D eigenvalue weighted by molar-refractivity contribution is -0.114. The van der Waals surface area contributed by atoms with E-state index in [1.54, 1.807) is 11.1 Å². The van der Waals surface area contributed by atoms with Crippen LogP contribution in [0.4, 0.5) is 11.4 Å². The van der Waals surface area contributed by atoms with Crippen molar-refractivity contribution in [1.82, 2.24) is 14.9 Å². The van der Waals surface area contributed by atoms with Gasteiger partial charge in [-0.25, -0.2) is 9.78 Å². The van der Waals surface area contributed by atoms with Crippen molar-refractivity contribution in [1.29, 1.82) is 0 Å². The molecule has 4 heterocycles. The lowest BCUT2D eigenvalue weighted by Gasteiger charge is -2.34. The number of nitrogens with zero attached hydrogens (tertiary/aromatic N) is 4. The Morgan fingerprint density at radius 1 is 1.00 bits per heavy atom. The summed E-state index contributed by atoms with van der Waals surface area (Å²) in [4.78, 5) is 40.1. The first-order valence-corrected chi connectivity index (χ1v) is 14.2. The predicted molar refractivity (Wildman–Crippen MR) is 163 cm³/mol. The Balaban J connectivity index is 1.47. The first kappa shape index (κ1) is 26.8. The van der Waals surface area contributed by atoms with Crippen LogP contribution in [-0.4, -0.2) is 72.6 Å². The zero-order valence-electron chi connectivity index (χ0n) is 23.8. The number of ether oxygens (including phenoxy) is 1. The maximum atomic E-state index is 12.8. The second-order valence-corrected chi connectivity index (χ2v) is 11.1. The predicted octanol–water partition coefficient (Wildman–Crippen LogP) is 5.29. The number of piperazine rings is 1. The first-order chi connectivity index (χ1) is 19.8. The van der Waals surface area contributed by atoms with Crippen molar-refractivity contribution in [2.75, 3.05) is 49.6 Å². The van der Waals surface area contributed by atoms with Gasteiger partial charge in [-0.3, -0.25) is 4.79 Å². The van der Waals surface area contributed by atoms with Gasteiger partial charge in [0, 0.05) is 61.2 Å². The summed E-state index contributed by atoms with van der Waals surface area (Å²) in [7, 11) is 2.16. The molecule has 4 aromatic rings. The lowest BCUT2D eigenvalue weighted by atomic mass is 9.96. The number of nitrogens with one attached hydrogen (secondary N) is 1. The average Bonchev–Trinajstić information content (AvgIpc) is 3.58. The van der Waals surface area contributed by atoms with Crippen LogP contribution in [0, 0.1) is 0 Å². The summed E-state index contributed by atoms with van der Waals surface area (Å²) in [6.07, 6.45) is 3.48. The number of likely N-dealkylation sites (N-methyl/N-ethyl adjacent to an activating group) is 1. The summed E-state index contributed by atoms with van der Waals surface area (Å²) < 4.78 is 5.46. The highest BCUT2D eigenvalue weighted by Crippen LogP contribution is 2.41. The average molecular weight is 550 g/mol. The number of aromatic nitrogens is 2. The number of carbonyl (C=O) groups is 2. The van der Waals surface area contributed by atoms with Gasteiger partial charge in [0.25, 0.3) is 0 Å². The summed E-state index contributed by atoms with van der Waals surface area (Å²) in [6, 6.07) is 16.7. The molecule has 1 fully saturated rings. The van der Waals surface area contributed by atoms with Crippen LogP contribution in [0.15, 0.2) is 67.4 Å². The minimum Gasteiger partial charge on any atom is -0.459 e. The molecule has 2 aromatic carbocycles. The van der Waals surface area contributed by atoms with E-state index >= 15 is 0 Å². The number of pyridine rings is 1. The van der Waals surface area contributed by atoms with Crippen molar-refractivity contribution < 1.29 is 14.3 Å². The van der Waals surface area contributed by atoms with Crippen molar-refractivity contribution >= 4 is 34.3 Å². The van der Waals surface area contributed by atoms with Crippen LogP contribution in [0.2, 0.25) is 0 Å². The van der Waals surface area contributed by atoms with Crippen molar-refractivity contribution in [2.24, 2.45) is 0 Å². The minimum absolute atomic E-state index is 0.111. The van der Waals surface area contributed by atoms with E-state index in [0.717, 1.165) is 71.6 Å². The van der Waals surface area contributed by atoms with Gasteiger partial charge in [-0.2, -0.15) is 0 Å². The second-order valence-electron chi connectivity index (χ2n) is 11.1. The number of amides is 1. The molecule has 8 heteroatoms. The molecule has 0 atom stereocenters. The Kier molecular flexibility index (Phi) is 7.09. The third-order valence-corrected chi connectivity index (χ3v) is 7.96. The van der Waals surface area contributed by atoms with Crippen molar-refractivity contribution in [3.63, 3.8) is 0 Å². The van der Waals surface area contributed by atoms with Gasteiger partial charge in [0.15, 0.2) is 0 Å². The fourth-order valence-electron chi connectivity index (χ4n) is 5.76. The first-order valence-electron chi connectivity index (χ1n) is 14.2. The van der Waals surface area contributed by atoms with Crippen molar-refractivity contribution in [3.8, 4) is 22.4 Å². The normalized spacial score (nSPS) is 15.4. The van der Waals surface area contributed by atoms with Crippen molar-refractivity contribution in [2.45, 2.75) is 26.4 Å². The van der Waals surface area contributed by atoms with Crippen LogP contribution in [0.5, 0.6) is 0 Å². The van der Waals surface area contributed by atoms with E-state index in [0.29, 0.717) is 17.8 Å². The standard InChI is InChI=1S/C33H35N5O3/c1-5-29(39)38-13-12-22-6-7-24(19-28(22)38)30-27-18-25(33(40)41-21(2)3)20-34-32(27)35-31(30)23-8-10-26(11-9-23)37-16-14-36(4)15-17-37/h5-11,18-21H,1,12-17H2,2-4H3,(H,34,35). The Morgan fingerprint density at radius 2 is 1.73 bits per heavy atom. The molecule has 8 nitrogen and oxygen atoms in total. The molecule has 0 radical (unpaired) electrons. The molecule has 1 N–H and O–H groups in total. The maximum Gasteiger partial charge on any atom is 0.339 e.